The minimum atomic E-state index is -1.58. The molecule has 36 heavy (non-hydrogen) atoms. The van der Waals surface area contributed by atoms with E-state index >= 15 is 0 Å². The van der Waals surface area contributed by atoms with E-state index in [4.69, 9.17) is 15.2 Å². The quantitative estimate of drug-likeness (QED) is 0.336. The summed E-state index contributed by atoms with van der Waals surface area (Å²) < 4.78 is 12.2. The molecule has 0 saturated carbocycles. The Bertz CT molecular complexity index is 1280. The molecule has 1 saturated heterocycles. The van der Waals surface area contributed by atoms with Gasteiger partial charge >= 0.3 is 11.8 Å². The van der Waals surface area contributed by atoms with Crippen LogP contribution in [-0.4, -0.2) is 68.5 Å². The number of amides is 1. The zero-order valence-corrected chi connectivity index (χ0v) is 19.1. The fraction of sp³-hybridized carbons (Fsp3) is 0.320. The number of nitrogen functional groups attached to an aromatic ring is 1. The third-order valence-electron chi connectivity index (χ3n) is 6.65. The number of carbonyl (C=O) groups excluding carboxylic acids is 1. The number of rotatable bonds is 5. The summed E-state index contributed by atoms with van der Waals surface area (Å²) in [6, 6.07) is 15.8. The lowest BCUT2D eigenvalue weighted by atomic mass is 9.96. The summed E-state index contributed by atoms with van der Waals surface area (Å²) in [6.07, 6.45) is -5.17. The predicted octanol–water partition coefficient (Wildman–Crippen LogP) is 0.344. The van der Waals surface area contributed by atoms with Gasteiger partial charge in [-0.3, -0.25) is 4.57 Å². The summed E-state index contributed by atoms with van der Waals surface area (Å²) in [7, 11) is 0. The molecule has 1 aromatic heterocycles. The largest absolute Gasteiger partial charge is 0.449 e. The monoisotopic (exact) mass is 494 g/mol. The Kier molecular flexibility index (Phi) is 6.46. The maximum Gasteiger partial charge on any atom is 0.407 e. The second-order valence-electron chi connectivity index (χ2n) is 8.77. The molecule has 11 nitrogen and oxygen atoms in total. The number of anilines is 1. The number of nitrogens with zero attached hydrogens (tertiary/aromatic N) is 2. The SMILES string of the molecule is Nc1ccn([C@@H]2O[C@H](CO)[C@@H](O)[C@H](O)[C@H]2NC(=O)OCC2c3ccccc3-c3ccccc32)c(=O)n1. The van der Waals surface area contributed by atoms with Gasteiger partial charge < -0.3 is 35.8 Å². The van der Waals surface area contributed by atoms with E-state index in [1.54, 1.807) is 0 Å². The first-order chi connectivity index (χ1) is 17.4. The van der Waals surface area contributed by atoms with E-state index in [0.29, 0.717) is 0 Å². The van der Waals surface area contributed by atoms with Crippen molar-refractivity contribution in [2.45, 2.75) is 36.5 Å². The topological polar surface area (TPSA) is 169 Å². The first-order valence-corrected chi connectivity index (χ1v) is 11.5. The second-order valence-corrected chi connectivity index (χ2v) is 8.77. The van der Waals surface area contributed by atoms with Crippen LogP contribution >= 0.6 is 0 Å². The molecule has 2 heterocycles. The van der Waals surface area contributed by atoms with Gasteiger partial charge in [0.15, 0.2) is 6.23 Å². The number of nitrogens with two attached hydrogens (primary N) is 1. The number of nitrogens with one attached hydrogen (secondary N) is 1. The zero-order valence-electron chi connectivity index (χ0n) is 19.1. The summed E-state index contributed by atoms with van der Waals surface area (Å²) in [4.78, 5) is 28.9. The van der Waals surface area contributed by atoms with Crippen molar-refractivity contribution in [3.05, 3.63) is 82.4 Å². The van der Waals surface area contributed by atoms with Crippen LogP contribution in [0.5, 0.6) is 0 Å². The molecule has 0 radical (unpaired) electrons. The first-order valence-electron chi connectivity index (χ1n) is 11.5. The summed E-state index contributed by atoms with van der Waals surface area (Å²) >= 11 is 0. The predicted molar refractivity (Wildman–Crippen MR) is 128 cm³/mol. The number of ether oxygens (including phenoxy) is 2. The van der Waals surface area contributed by atoms with Crippen molar-refractivity contribution in [1.29, 1.82) is 0 Å². The summed E-state index contributed by atoms with van der Waals surface area (Å²) in [6.45, 7) is -0.594. The number of aromatic nitrogens is 2. The zero-order chi connectivity index (χ0) is 25.4. The molecular formula is C25H26N4O7. The van der Waals surface area contributed by atoms with Gasteiger partial charge in [-0.05, 0) is 28.3 Å². The average molecular weight is 495 g/mol. The molecule has 3 aromatic rings. The summed E-state index contributed by atoms with van der Waals surface area (Å²) in [5.74, 6) is -0.202. The number of carbonyl (C=O) groups is 1. The van der Waals surface area contributed by atoms with Gasteiger partial charge in [-0.25, -0.2) is 9.59 Å². The lowest BCUT2D eigenvalue weighted by Gasteiger charge is -2.42. The molecule has 1 amide bonds. The molecule has 0 unspecified atom stereocenters. The molecule has 188 valence electrons. The third-order valence-corrected chi connectivity index (χ3v) is 6.65. The number of hydrogen-bond acceptors (Lipinski definition) is 9. The van der Waals surface area contributed by atoms with Gasteiger partial charge in [-0.15, -0.1) is 0 Å². The number of fused-ring (bicyclic) bond motifs is 3. The Labute approximate surface area is 205 Å². The first kappa shape index (κ1) is 23.9. The van der Waals surface area contributed by atoms with Crippen LogP contribution in [0.4, 0.5) is 10.6 Å². The highest BCUT2D eigenvalue weighted by molar-refractivity contribution is 5.79. The van der Waals surface area contributed by atoms with Gasteiger partial charge in [0.25, 0.3) is 0 Å². The van der Waals surface area contributed by atoms with Crippen LogP contribution in [0.15, 0.2) is 65.6 Å². The Morgan fingerprint density at radius 3 is 2.31 bits per heavy atom. The molecule has 11 heteroatoms. The van der Waals surface area contributed by atoms with E-state index in [0.717, 1.165) is 26.8 Å². The highest BCUT2D eigenvalue weighted by Gasteiger charge is 2.46. The minimum absolute atomic E-state index is 0.0209. The lowest BCUT2D eigenvalue weighted by molar-refractivity contribution is -0.216. The van der Waals surface area contributed by atoms with Gasteiger partial charge in [0.05, 0.1) is 6.61 Å². The molecule has 5 atom stereocenters. The lowest BCUT2D eigenvalue weighted by Crippen LogP contribution is -2.63. The number of aliphatic hydroxyl groups excluding tert-OH is 3. The van der Waals surface area contributed by atoms with Crippen molar-refractivity contribution < 1.29 is 29.6 Å². The molecule has 1 fully saturated rings. The van der Waals surface area contributed by atoms with Crippen molar-refractivity contribution in [3.8, 4) is 11.1 Å². The number of alkyl carbamates (subject to hydrolysis) is 1. The van der Waals surface area contributed by atoms with E-state index in [2.05, 4.69) is 10.3 Å². The van der Waals surface area contributed by atoms with Crippen LogP contribution in [0.25, 0.3) is 11.1 Å². The highest BCUT2D eigenvalue weighted by atomic mass is 16.6. The van der Waals surface area contributed by atoms with Crippen LogP contribution in [0, 0.1) is 0 Å². The van der Waals surface area contributed by atoms with E-state index in [-0.39, 0.29) is 18.3 Å². The maximum absolute atomic E-state index is 12.9. The van der Waals surface area contributed by atoms with Gasteiger partial charge in [-0.1, -0.05) is 48.5 Å². The van der Waals surface area contributed by atoms with E-state index in [1.807, 2.05) is 48.5 Å². The molecule has 0 bridgehead atoms. The average Bonchev–Trinajstić information content (AvgIpc) is 3.20. The van der Waals surface area contributed by atoms with Gasteiger partial charge in [0, 0.05) is 12.1 Å². The van der Waals surface area contributed by atoms with Crippen molar-refractivity contribution in [2.24, 2.45) is 0 Å². The van der Waals surface area contributed by atoms with E-state index in [1.165, 1.54) is 12.3 Å². The molecular weight excluding hydrogens is 468 g/mol. The van der Waals surface area contributed by atoms with Gasteiger partial charge in [0.1, 0.15) is 36.8 Å². The van der Waals surface area contributed by atoms with Crippen LogP contribution in [-0.2, 0) is 9.47 Å². The molecule has 0 spiro atoms. The fourth-order valence-corrected chi connectivity index (χ4v) is 4.89. The third kappa shape index (κ3) is 4.22. The summed E-state index contributed by atoms with van der Waals surface area (Å²) in [5.41, 5.74) is 8.98. The Morgan fingerprint density at radius 2 is 1.69 bits per heavy atom. The fourth-order valence-electron chi connectivity index (χ4n) is 4.89. The molecule has 2 aliphatic rings. The van der Waals surface area contributed by atoms with Crippen LogP contribution in [0.2, 0.25) is 0 Å². The minimum Gasteiger partial charge on any atom is -0.449 e. The van der Waals surface area contributed by atoms with Crippen LogP contribution < -0.4 is 16.7 Å². The Balaban J connectivity index is 1.35. The Morgan fingerprint density at radius 1 is 1.06 bits per heavy atom. The van der Waals surface area contributed by atoms with Crippen LogP contribution in [0.1, 0.15) is 23.3 Å². The van der Waals surface area contributed by atoms with Crippen molar-refractivity contribution >= 4 is 11.9 Å². The molecule has 2 aromatic carbocycles. The molecule has 5 rings (SSSR count). The van der Waals surface area contributed by atoms with Gasteiger partial charge in [0.2, 0.25) is 0 Å². The van der Waals surface area contributed by atoms with Crippen molar-refractivity contribution in [1.82, 2.24) is 14.9 Å². The van der Waals surface area contributed by atoms with E-state index < -0.39 is 49.0 Å². The smallest absolute Gasteiger partial charge is 0.407 e. The maximum atomic E-state index is 12.9. The standard InChI is InChI=1S/C25H26N4O7/c26-19-9-10-29(24(33)27-19)23-20(22(32)21(31)18(11-30)36-23)28-25(34)35-12-17-15-7-3-1-5-13(15)14-6-2-4-8-16(14)17/h1-10,17-18,20-23,30-32H,11-12H2,(H,28,34)(H2,26,27,33)/t18-,20-,21-,22-,23-/m1/s1. The molecule has 1 aliphatic carbocycles. The van der Waals surface area contributed by atoms with Crippen molar-refractivity contribution in [3.63, 3.8) is 0 Å². The van der Waals surface area contributed by atoms with E-state index in [9.17, 15) is 24.9 Å². The normalized spacial score (nSPS) is 25.1. The summed E-state index contributed by atoms with van der Waals surface area (Å²) in [5, 5.41) is 33.2. The van der Waals surface area contributed by atoms with Crippen molar-refractivity contribution in [2.75, 3.05) is 18.9 Å². The molecule has 1 aliphatic heterocycles. The Hall–Kier alpha value is -3.77. The number of benzene rings is 2. The van der Waals surface area contributed by atoms with Crippen LogP contribution in [0.3, 0.4) is 0 Å². The number of aliphatic hydroxyl groups is 3. The second kappa shape index (κ2) is 9.70. The molecule has 6 N–H and O–H groups in total. The number of hydrogen-bond donors (Lipinski definition) is 5. The highest BCUT2D eigenvalue weighted by Crippen LogP contribution is 2.44. The van der Waals surface area contributed by atoms with Gasteiger partial charge in [-0.2, -0.15) is 4.98 Å².